The fourth-order valence-electron chi connectivity index (χ4n) is 2.81. The highest BCUT2D eigenvalue weighted by Crippen LogP contribution is 2.19. The molecule has 144 valence electrons. The Labute approximate surface area is 157 Å². The van der Waals surface area contributed by atoms with E-state index in [9.17, 15) is 9.18 Å². The topological polar surface area (TPSA) is 73.8 Å². The van der Waals surface area contributed by atoms with Crippen molar-refractivity contribution in [1.29, 1.82) is 0 Å². The molecule has 0 radical (unpaired) electrons. The Hall–Kier alpha value is -2.90. The van der Waals surface area contributed by atoms with Crippen LogP contribution >= 0.6 is 0 Å². The van der Waals surface area contributed by atoms with Gasteiger partial charge in [-0.2, -0.15) is 0 Å². The molecule has 27 heavy (non-hydrogen) atoms. The van der Waals surface area contributed by atoms with E-state index in [-0.39, 0.29) is 24.6 Å². The lowest BCUT2D eigenvalue weighted by Gasteiger charge is -2.32. The lowest BCUT2D eigenvalue weighted by Crippen LogP contribution is -2.46. The van der Waals surface area contributed by atoms with Gasteiger partial charge >= 0.3 is 6.01 Å². The zero-order chi connectivity index (χ0) is 19.1. The van der Waals surface area contributed by atoms with Gasteiger partial charge < -0.3 is 19.1 Å². The first kappa shape index (κ1) is 18.9. The molecule has 1 aliphatic heterocycles. The van der Waals surface area contributed by atoms with Crippen molar-refractivity contribution in [3.8, 4) is 17.5 Å². The summed E-state index contributed by atoms with van der Waals surface area (Å²) < 4.78 is 29.5. The number of piperidine rings is 1. The van der Waals surface area contributed by atoms with Crippen molar-refractivity contribution in [1.82, 2.24) is 14.9 Å². The van der Waals surface area contributed by atoms with Gasteiger partial charge in [-0.15, -0.1) is 0 Å². The minimum Gasteiger partial charge on any atom is -0.494 e. The van der Waals surface area contributed by atoms with Crippen LogP contribution in [0, 0.1) is 5.82 Å². The molecule has 2 aromatic rings. The van der Waals surface area contributed by atoms with Crippen LogP contribution in [0.4, 0.5) is 4.39 Å². The summed E-state index contributed by atoms with van der Waals surface area (Å²) in [5.74, 6) is 0.734. The van der Waals surface area contributed by atoms with Gasteiger partial charge in [0.25, 0.3) is 5.91 Å². The molecular weight excluding hydrogens is 353 g/mol. The molecule has 1 atom stereocenters. The van der Waals surface area contributed by atoms with Crippen molar-refractivity contribution in [3.05, 3.63) is 42.5 Å². The molecule has 2 heterocycles. The predicted octanol–water partition coefficient (Wildman–Crippen LogP) is 2.46. The number of amides is 1. The van der Waals surface area contributed by atoms with Crippen LogP contribution in [-0.4, -0.2) is 53.2 Å². The lowest BCUT2D eigenvalue weighted by atomic mass is 10.1. The highest BCUT2D eigenvalue weighted by molar-refractivity contribution is 5.77. The third kappa shape index (κ3) is 5.54. The summed E-state index contributed by atoms with van der Waals surface area (Å²) in [5, 5.41) is 0. The maximum atomic E-state index is 12.9. The Morgan fingerprint density at radius 3 is 2.52 bits per heavy atom. The molecule has 0 aliphatic carbocycles. The van der Waals surface area contributed by atoms with E-state index in [0.29, 0.717) is 25.4 Å². The van der Waals surface area contributed by atoms with E-state index in [0.717, 1.165) is 31.0 Å². The van der Waals surface area contributed by atoms with Gasteiger partial charge in [-0.3, -0.25) is 4.79 Å². The van der Waals surface area contributed by atoms with E-state index < -0.39 is 5.82 Å². The summed E-state index contributed by atoms with van der Waals surface area (Å²) in [6.45, 7) is 3.54. The van der Waals surface area contributed by atoms with E-state index in [1.165, 1.54) is 0 Å². The van der Waals surface area contributed by atoms with Gasteiger partial charge in [-0.1, -0.05) is 0 Å². The van der Waals surface area contributed by atoms with Crippen molar-refractivity contribution in [2.45, 2.75) is 25.9 Å². The molecule has 0 bridgehead atoms. The summed E-state index contributed by atoms with van der Waals surface area (Å²) in [6, 6.07) is 7.26. The first-order chi connectivity index (χ1) is 13.1. The molecule has 7 nitrogen and oxygen atoms in total. The largest absolute Gasteiger partial charge is 0.494 e. The van der Waals surface area contributed by atoms with Gasteiger partial charge in [0.1, 0.15) is 17.6 Å². The maximum Gasteiger partial charge on any atom is 0.316 e. The fraction of sp³-hybridized carbons (Fsp3) is 0.421. The first-order valence-corrected chi connectivity index (χ1v) is 8.91. The molecular formula is C19H22FN3O4. The Bertz CT molecular complexity index is 740. The number of benzene rings is 1. The van der Waals surface area contributed by atoms with Crippen LogP contribution in [0.2, 0.25) is 0 Å². The van der Waals surface area contributed by atoms with Gasteiger partial charge in [0.15, 0.2) is 12.4 Å². The molecule has 1 saturated heterocycles. The average Bonchev–Trinajstić information content (AvgIpc) is 2.69. The Kier molecular flexibility index (Phi) is 6.40. The molecule has 3 rings (SSSR count). The Morgan fingerprint density at radius 2 is 1.85 bits per heavy atom. The van der Waals surface area contributed by atoms with E-state index in [4.69, 9.17) is 14.2 Å². The molecule has 0 spiro atoms. The van der Waals surface area contributed by atoms with E-state index in [1.807, 2.05) is 6.92 Å². The van der Waals surface area contributed by atoms with Crippen molar-refractivity contribution < 1.29 is 23.4 Å². The average molecular weight is 375 g/mol. The number of likely N-dealkylation sites (tertiary alicyclic amines) is 1. The van der Waals surface area contributed by atoms with Crippen LogP contribution in [0.3, 0.4) is 0 Å². The highest BCUT2D eigenvalue weighted by atomic mass is 19.1. The van der Waals surface area contributed by atoms with E-state index in [1.54, 1.807) is 29.2 Å². The number of aromatic nitrogens is 2. The third-order valence-corrected chi connectivity index (χ3v) is 4.10. The SMILES string of the molecule is CCOc1ccc(OCC(=O)N2CCCC(Oc3ncc(F)cn3)C2)cc1. The lowest BCUT2D eigenvalue weighted by molar-refractivity contribution is -0.136. The van der Waals surface area contributed by atoms with Gasteiger partial charge in [0.05, 0.1) is 25.5 Å². The number of nitrogens with zero attached hydrogens (tertiary/aromatic N) is 3. The highest BCUT2D eigenvalue weighted by Gasteiger charge is 2.25. The van der Waals surface area contributed by atoms with E-state index in [2.05, 4.69) is 9.97 Å². The molecule has 1 aliphatic rings. The van der Waals surface area contributed by atoms with Crippen LogP contribution in [0.1, 0.15) is 19.8 Å². The maximum absolute atomic E-state index is 12.9. The minimum absolute atomic E-state index is 0.0479. The Balaban J connectivity index is 1.48. The second-order valence-electron chi connectivity index (χ2n) is 6.10. The van der Waals surface area contributed by atoms with Crippen LogP contribution in [0.5, 0.6) is 17.5 Å². The predicted molar refractivity (Wildman–Crippen MR) is 95.3 cm³/mol. The molecule has 0 N–H and O–H groups in total. The zero-order valence-corrected chi connectivity index (χ0v) is 15.1. The van der Waals surface area contributed by atoms with Gasteiger partial charge in [-0.25, -0.2) is 14.4 Å². The number of carbonyl (C=O) groups is 1. The van der Waals surface area contributed by atoms with Crippen molar-refractivity contribution >= 4 is 5.91 Å². The third-order valence-electron chi connectivity index (χ3n) is 4.10. The fourth-order valence-corrected chi connectivity index (χ4v) is 2.81. The summed E-state index contributed by atoms with van der Waals surface area (Å²) in [5.41, 5.74) is 0. The zero-order valence-electron chi connectivity index (χ0n) is 15.1. The van der Waals surface area contributed by atoms with Crippen LogP contribution < -0.4 is 14.2 Å². The van der Waals surface area contributed by atoms with Gasteiger partial charge in [-0.05, 0) is 44.0 Å². The van der Waals surface area contributed by atoms with Crippen molar-refractivity contribution in [2.24, 2.45) is 0 Å². The van der Waals surface area contributed by atoms with Crippen LogP contribution in [-0.2, 0) is 4.79 Å². The molecule has 1 amide bonds. The number of carbonyl (C=O) groups excluding carboxylic acids is 1. The standard InChI is InChI=1S/C19H22FN3O4/c1-2-25-15-5-7-16(8-6-15)26-13-18(24)23-9-3-4-17(12-23)27-19-21-10-14(20)11-22-19/h5-8,10-11,17H,2-4,9,12-13H2,1H3. The number of hydrogen-bond donors (Lipinski definition) is 0. The number of hydrogen-bond acceptors (Lipinski definition) is 6. The summed E-state index contributed by atoms with van der Waals surface area (Å²) >= 11 is 0. The van der Waals surface area contributed by atoms with Gasteiger partial charge in [0, 0.05) is 6.54 Å². The van der Waals surface area contributed by atoms with Crippen molar-refractivity contribution in [2.75, 3.05) is 26.3 Å². The molecule has 1 fully saturated rings. The second-order valence-corrected chi connectivity index (χ2v) is 6.10. The van der Waals surface area contributed by atoms with Gasteiger partial charge in [0.2, 0.25) is 0 Å². The molecule has 1 aromatic heterocycles. The molecule has 8 heteroatoms. The minimum atomic E-state index is -0.519. The number of halogens is 1. The second kappa shape index (κ2) is 9.16. The quantitative estimate of drug-likeness (QED) is 0.740. The summed E-state index contributed by atoms with van der Waals surface area (Å²) in [4.78, 5) is 21.7. The van der Waals surface area contributed by atoms with Crippen LogP contribution in [0.25, 0.3) is 0 Å². The smallest absolute Gasteiger partial charge is 0.316 e. The molecule has 1 aromatic carbocycles. The summed E-state index contributed by atoms with van der Waals surface area (Å²) in [6.07, 6.45) is 3.47. The number of ether oxygens (including phenoxy) is 3. The van der Waals surface area contributed by atoms with Crippen LogP contribution in [0.15, 0.2) is 36.7 Å². The van der Waals surface area contributed by atoms with E-state index >= 15 is 0 Å². The molecule has 1 unspecified atom stereocenters. The Morgan fingerprint density at radius 1 is 1.19 bits per heavy atom. The normalized spacial score (nSPS) is 16.7. The monoisotopic (exact) mass is 375 g/mol. The summed E-state index contributed by atoms with van der Waals surface area (Å²) in [7, 11) is 0. The van der Waals surface area contributed by atoms with Crippen molar-refractivity contribution in [3.63, 3.8) is 0 Å². The number of rotatable bonds is 7. The first-order valence-electron chi connectivity index (χ1n) is 8.91. The molecule has 0 saturated carbocycles.